The number of aliphatic imine (C=N–C) groups is 1. The van der Waals surface area contributed by atoms with Crippen molar-refractivity contribution < 1.29 is 4.39 Å². The quantitative estimate of drug-likeness (QED) is 0.264. The van der Waals surface area contributed by atoms with Crippen molar-refractivity contribution in [2.45, 2.75) is 33.4 Å². The maximum atomic E-state index is 13.3. The first-order chi connectivity index (χ1) is 14.1. The molecule has 0 amide bonds. The Balaban J connectivity index is 0.00000320. The largest absolute Gasteiger partial charge is 0.357 e. The summed E-state index contributed by atoms with van der Waals surface area (Å²) < 4.78 is 15.4. The second-order valence-electron chi connectivity index (χ2n) is 6.92. The standard InChI is InChI=1S/C23H28FN5.HI/c1-3-25-23(27-11-10-19-6-5-9-22(24)15-19)28-16-20-7-4-8-21(14-20)17-29-13-12-26-18(29)2;/h4-9,12-15H,3,10-11,16-17H2,1-2H3,(H2,25,27,28);1H. The van der Waals surface area contributed by atoms with Crippen LogP contribution in [0.25, 0.3) is 0 Å². The summed E-state index contributed by atoms with van der Waals surface area (Å²) in [4.78, 5) is 8.96. The lowest BCUT2D eigenvalue weighted by Crippen LogP contribution is -2.38. The van der Waals surface area contributed by atoms with E-state index in [9.17, 15) is 4.39 Å². The Morgan fingerprint density at radius 1 is 1.07 bits per heavy atom. The van der Waals surface area contributed by atoms with E-state index >= 15 is 0 Å². The summed E-state index contributed by atoms with van der Waals surface area (Å²) in [5.41, 5.74) is 3.35. The van der Waals surface area contributed by atoms with Gasteiger partial charge in [0.05, 0.1) is 6.54 Å². The number of nitrogens with zero attached hydrogens (tertiary/aromatic N) is 3. The third-order valence-corrected chi connectivity index (χ3v) is 4.63. The van der Waals surface area contributed by atoms with Gasteiger partial charge < -0.3 is 15.2 Å². The number of imidazole rings is 1. The van der Waals surface area contributed by atoms with E-state index in [0.717, 1.165) is 42.4 Å². The van der Waals surface area contributed by atoms with Crippen molar-refractivity contribution >= 4 is 29.9 Å². The van der Waals surface area contributed by atoms with Crippen LogP contribution in [0.3, 0.4) is 0 Å². The SMILES string of the molecule is CCNC(=NCc1cccc(Cn2ccnc2C)c1)NCCc1cccc(F)c1.I. The zero-order valence-electron chi connectivity index (χ0n) is 17.4. The monoisotopic (exact) mass is 521 g/mol. The average Bonchev–Trinajstić information content (AvgIpc) is 3.11. The Kier molecular flexibility index (Phi) is 9.79. The summed E-state index contributed by atoms with van der Waals surface area (Å²) >= 11 is 0. The molecule has 7 heteroatoms. The highest BCUT2D eigenvalue weighted by atomic mass is 127. The van der Waals surface area contributed by atoms with Gasteiger partial charge in [0.1, 0.15) is 11.6 Å². The highest BCUT2D eigenvalue weighted by Crippen LogP contribution is 2.10. The summed E-state index contributed by atoms with van der Waals surface area (Å²) in [6.07, 6.45) is 4.55. The number of aryl methyl sites for hydroxylation is 1. The topological polar surface area (TPSA) is 54.2 Å². The molecule has 0 spiro atoms. The highest BCUT2D eigenvalue weighted by molar-refractivity contribution is 14.0. The van der Waals surface area contributed by atoms with E-state index in [2.05, 4.69) is 49.4 Å². The van der Waals surface area contributed by atoms with E-state index in [1.807, 2.05) is 32.3 Å². The van der Waals surface area contributed by atoms with Crippen LogP contribution in [0.15, 0.2) is 65.9 Å². The Labute approximate surface area is 194 Å². The number of guanidine groups is 1. The molecule has 3 aromatic rings. The van der Waals surface area contributed by atoms with Crippen molar-refractivity contribution in [2.24, 2.45) is 4.99 Å². The third kappa shape index (κ3) is 7.44. The number of halogens is 2. The second kappa shape index (κ2) is 12.3. The van der Waals surface area contributed by atoms with E-state index in [1.54, 1.807) is 12.1 Å². The van der Waals surface area contributed by atoms with Gasteiger partial charge in [0.25, 0.3) is 0 Å². The fourth-order valence-corrected chi connectivity index (χ4v) is 3.12. The molecule has 0 aliphatic rings. The normalized spacial score (nSPS) is 11.1. The van der Waals surface area contributed by atoms with E-state index in [1.165, 1.54) is 11.6 Å². The van der Waals surface area contributed by atoms with Gasteiger partial charge in [0.2, 0.25) is 0 Å². The molecule has 0 radical (unpaired) electrons. The number of hydrogen-bond donors (Lipinski definition) is 2. The van der Waals surface area contributed by atoms with Gasteiger partial charge in [-0.2, -0.15) is 0 Å². The predicted molar refractivity (Wildman–Crippen MR) is 131 cm³/mol. The maximum Gasteiger partial charge on any atom is 0.191 e. The minimum Gasteiger partial charge on any atom is -0.357 e. The van der Waals surface area contributed by atoms with Crippen LogP contribution < -0.4 is 10.6 Å². The molecule has 0 aliphatic carbocycles. The first-order valence-corrected chi connectivity index (χ1v) is 9.96. The van der Waals surface area contributed by atoms with E-state index in [4.69, 9.17) is 0 Å². The molecule has 3 rings (SSSR count). The predicted octanol–water partition coefficient (Wildman–Crippen LogP) is 4.29. The first kappa shape index (κ1) is 23.9. The van der Waals surface area contributed by atoms with Crippen molar-refractivity contribution in [1.29, 1.82) is 0 Å². The van der Waals surface area contributed by atoms with Gasteiger partial charge >= 0.3 is 0 Å². The minimum atomic E-state index is -0.200. The van der Waals surface area contributed by atoms with Crippen LogP contribution in [0.1, 0.15) is 29.4 Å². The molecule has 2 N–H and O–H groups in total. The Bertz CT molecular complexity index is 954. The Hall–Kier alpha value is -2.42. The van der Waals surface area contributed by atoms with Crippen LogP contribution in [0.4, 0.5) is 4.39 Å². The van der Waals surface area contributed by atoms with Crippen LogP contribution in [0, 0.1) is 12.7 Å². The lowest BCUT2D eigenvalue weighted by atomic mass is 10.1. The molecule has 160 valence electrons. The van der Waals surface area contributed by atoms with Crippen LogP contribution in [0.2, 0.25) is 0 Å². The Morgan fingerprint density at radius 2 is 1.83 bits per heavy atom. The lowest BCUT2D eigenvalue weighted by Gasteiger charge is -2.12. The zero-order chi connectivity index (χ0) is 20.5. The summed E-state index contributed by atoms with van der Waals surface area (Å²) in [7, 11) is 0. The molecule has 0 fully saturated rings. The molecule has 5 nitrogen and oxygen atoms in total. The van der Waals surface area contributed by atoms with E-state index < -0.39 is 0 Å². The molecule has 2 aromatic carbocycles. The molecule has 1 heterocycles. The van der Waals surface area contributed by atoms with Crippen LogP contribution in [-0.2, 0) is 19.5 Å². The molecule has 0 aliphatic heterocycles. The summed E-state index contributed by atoms with van der Waals surface area (Å²) in [6, 6.07) is 15.2. The van der Waals surface area contributed by atoms with Crippen LogP contribution in [0.5, 0.6) is 0 Å². The fraction of sp³-hybridized carbons (Fsp3) is 0.304. The van der Waals surface area contributed by atoms with Gasteiger partial charge in [-0.25, -0.2) is 14.4 Å². The number of aromatic nitrogens is 2. The molecular formula is C23H29FIN5. The molecule has 0 saturated carbocycles. The summed E-state index contributed by atoms with van der Waals surface area (Å²) in [6.45, 7) is 6.91. The molecule has 0 saturated heterocycles. The maximum absolute atomic E-state index is 13.3. The van der Waals surface area contributed by atoms with Gasteiger partial charge in [-0.15, -0.1) is 24.0 Å². The second-order valence-corrected chi connectivity index (χ2v) is 6.92. The van der Waals surface area contributed by atoms with Crippen LogP contribution in [-0.4, -0.2) is 28.6 Å². The van der Waals surface area contributed by atoms with Gasteiger partial charge in [-0.3, -0.25) is 0 Å². The van der Waals surface area contributed by atoms with E-state index in [-0.39, 0.29) is 29.8 Å². The number of nitrogens with one attached hydrogen (secondary N) is 2. The molecular weight excluding hydrogens is 492 g/mol. The number of rotatable bonds is 8. The molecule has 1 aromatic heterocycles. The number of hydrogen-bond acceptors (Lipinski definition) is 2. The van der Waals surface area contributed by atoms with Crippen molar-refractivity contribution in [1.82, 2.24) is 20.2 Å². The summed E-state index contributed by atoms with van der Waals surface area (Å²) in [5, 5.41) is 6.58. The van der Waals surface area contributed by atoms with Gasteiger partial charge in [0, 0.05) is 32.0 Å². The molecule has 0 atom stereocenters. The molecule has 0 unspecified atom stereocenters. The zero-order valence-corrected chi connectivity index (χ0v) is 19.8. The van der Waals surface area contributed by atoms with Gasteiger partial charge in [-0.05, 0) is 49.1 Å². The van der Waals surface area contributed by atoms with Crippen molar-refractivity contribution in [3.63, 3.8) is 0 Å². The van der Waals surface area contributed by atoms with Crippen molar-refractivity contribution in [3.8, 4) is 0 Å². The van der Waals surface area contributed by atoms with E-state index in [0.29, 0.717) is 13.1 Å². The molecule has 0 bridgehead atoms. The van der Waals surface area contributed by atoms with Crippen LogP contribution >= 0.6 is 24.0 Å². The number of benzene rings is 2. The smallest absolute Gasteiger partial charge is 0.191 e. The average molecular weight is 521 g/mol. The van der Waals surface area contributed by atoms with Gasteiger partial charge in [-0.1, -0.05) is 36.4 Å². The summed E-state index contributed by atoms with van der Waals surface area (Å²) in [5.74, 6) is 1.57. The lowest BCUT2D eigenvalue weighted by molar-refractivity contribution is 0.625. The Morgan fingerprint density at radius 3 is 2.57 bits per heavy atom. The first-order valence-electron chi connectivity index (χ1n) is 9.96. The minimum absolute atomic E-state index is 0. The highest BCUT2D eigenvalue weighted by Gasteiger charge is 2.02. The van der Waals surface area contributed by atoms with Crippen molar-refractivity contribution in [2.75, 3.05) is 13.1 Å². The van der Waals surface area contributed by atoms with Gasteiger partial charge in [0.15, 0.2) is 5.96 Å². The fourth-order valence-electron chi connectivity index (χ4n) is 3.12. The van der Waals surface area contributed by atoms with Crippen molar-refractivity contribution in [3.05, 3.63) is 89.3 Å². The third-order valence-electron chi connectivity index (χ3n) is 4.63. The molecule has 30 heavy (non-hydrogen) atoms.